The van der Waals surface area contributed by atoms with Crippen LogP contribution in [-0.2, 0) is 12.6 Å². The van der Waals surface area contributed by atoms with Crippen LogP contribution < -0.4 is 5.56 Å². The largest absolute Gasteiger partial charge is 0.504 e. The molecular weight excluding hydrogens is 389 g/mol. The summed E-state index contributed by atoms with van der Waals surface area (Å²) in [6, 6.07) is 3.57. The highest BCUT2D eigenvalue weighted by atomic mass is 19.4. The number of aromatic nitrogens is 5. The van der Waals surface area contributed by atoms with E-state index in [1.165, 1.54) is 13.8 Å². The van der Waals surface area contributed by atoms with E-state index in [2.05, 4.69) is 15.2 Å². The summed E-state index contributed by atoms with van der Waals surface area (Å²) in [7, 11) is 0. The number of alkyl halides is 3. The molecule has 0 atom stereocenters. The summed E-state index contributed by atoms with van der Waals surface area (Å²) in [5, 5.41) is 27.3. The summed E-state index contributed by atoms with van der Waals surface area (Å²) in [5.74, 6) is -0.655. The third-order valence-electron chi connectivity index (χ3n) is 4.30. The average molecular weight is 404 g/mol. The number of nitrogens with zero attached hydrogens (tertiary/aromatic N) is 6. The first kappa shape index (κ1) is 20.1. The minimum absolute atomic E-state index is 0.132. The lowest BCUT2D eigenvalue weighted by Crippen LogP contribution is -2.28. The molecule has 0 unspecified atom stereocenters. The van der Waals surface area contributed by atoms with E-state index in [1.807, 2.05) is 0 Å². The van der Waals surface area contributed by atoms with Gasteiger partial charge in [-0.15, -0.1) is 5.10 Å². The maximum atomic E-state index is 13.1. The number of aryl methyl sites for hydroxylation is 3. The van der Waals surface area contributed by atoms with Gasteiger partial charge in [-0.25, -0.2) is 9.67 Å². The van der Waals surface area contributed by atoms with Gasteiger partial charge in [0.15, 0.2) is 11.4 Å². The van der Waals surface area contributed by atoms with Gasteiger partial charge in [0.05, 0.1) is 11.3 Å². The summed E-state index contributed by atoms with van der Waals surface area (Å²) < 4.78 is 41.2. The third-order valence-corrected chi connectivity index (χ3v) is 4.30. The molecule has 0 amide bonds. The smallest absolute Gasteiger partial charge is 0.416 e. The van der Waals surface area contributed by atoms with Crippen LogP contribution in [0.1, 0.15) is 35.1 Å². The van der Waals surface area contributed by atoms with Crippen molar-refractivity contribution in [3.05, 3.63) is 57.0 Å². The second kappa shape index (κ2) is 7.05. The molecule has 2 heterocycles. The van der Waals surface area contributed by atoms with Gasteiger partial charge in [0.25, 0.3) is 5.82 Å². The van der Waals surface area contributed by atoms with E-state index >= 15 is 0 Å². The molecule has 0 aliphatic carbocycles. The highest BCUT2D eigenvalue weighted by Crippen LogP contribution is 2.33. The highest BCUT2D eigenvalue weighted by molar-refractivity contribution is 5.53. The fourth-order valence-electron chi connectivity index (χ4n) is 3.02. The molecular formula is C18H15F3N6O2. The van der Waals surface area contributed by atoms with Crippen LogP contribution in [0.2, 0.25) is 0 Å². The maximum Gasteiger partial charge on any atom is 0.416 e. The predicted molar refractivity (Wildman–Crippen MR) is 95.0 cm³/mol. The second-order valence-corrected chi connectivity index (χ2v) is 6.30. The second-order valence-electron chi connectivity index (χ2n) is 6.30. The van der Waals surface area contributed by atoms with Gasteiger partial charge >= 0.3 is 11.7 Å². The van der Waals surface area contributed by atoms with Crippen LogP contribution in [0.4, 0.5) is 13.2 Å². The Morgan fingerprint density at radius 1 is 1.17 bits per heavy atom. The van der Waals surface area contributed by atoms with Gasteiger partial charge < -0.3 is 5.11 Å². The number of hydrogen-bond donors (Lipinski definition) is 1. The van der Waals surface area contributed by atoms with Crippen LogP contribution in [-0.4, -0.2) is 29.7 Å². The van der Waals surface area contributed by atoms with Crippen molar-refractivity contribution in [1.82, 2.24) is 24.5 Å². The molecule has 8 nitrogen and oxygen atoms in total. The first-order valence-corrected chi connectivity index (χ1v) is 8.44. The van der Waals surface area contributed by atoms with Gasteiger partial charge in [-0.1, -0.05) is 6.92 Å². The van der Waals surface area contributed by atoms with Crippen LogP contribution in [0, 0.1) is 25.2 Å². The number of rotatable bonds is 3. The van der Waals surface area contributed by atoms with Crippen molar-refractivity contribution in [3.8, 4) is 23.2 Å². The Labute approximate surface area is 162 Å². The molecule has 0 saturated heterocycles. The minimum atomic E-state index is -4.53. The fraction of sp³-hybridized carbons (Fsp3) is 0.278. The Morgan fingerprint density at radius 3 is 2.28 bits per heavy atom. The van der Waals surface area contributed by atoms with E-state index in [0.29, 0.717) is 0 Å². The summed E-state index contributed by atoms with van der Waals surface area (Å²) >= 11 is 0. The third kappa shape index (κ3) is 3.44. The molecule has 150 valence electrons. The van der Waals surface area contributed by atoms with Crippen LogP contribution in [0.15, 0.2) is 23.3 Å². The van der Waals surface area contributed by atoms with E-state index in [0.717, 1.165) is 27.8 Å². The summed E-state index contributed by atoms with van der Waals surface area (Å²) in [6.45, 7) is 4.56. The predicted octanol–water partition coefficient (Wildman–Crippen LogP) is 2.59. The van der Waals surface area contributed by atoms with Crippen molar-refractivity contribution in [2.24, 2.45) is 0 Å². The van der Waals surface area contributed by atoms with Gasteiger partial charge in [-0.2, -0.15) is 28.2 Å². The minimum Gasteiger partial charge on any atom is -0.504 e. The topological polar surface area (TPSA) is 110 Å². The Bertz CT molecular complexity index is 1180. The van der Waals surface area contributed by atoms with E-state index in [4.69, 9.17) is 5.26 Å². The van der Waals surface area contributed by atoms with Gasteiger partial charge in [0.1, 0.15) is 18.1 Å². The molecule has 29 heavy (non-hydrogen) atoms. The zero-order valence-corrected chi connectivity index (χ0v) is 15.6. The van der Waals surface area contributed by atoms with Crippen molar-refractivity contribution >= 4 is 0 Å². The van der Waals surface area contributed by atoms with Crippen LogP contribution in [0.3, 0.4) is 0 Å². The normalized spacial score (nSPS) is 11.5. The van der Waals surface area contributed by atoms with E-state index in [-0.39, 0.29) is 40.4 Å². The Morgan fingerprint density at radius 2 is 1.79 bits per heavy atom. The van der Waals surface area contributed by atoms with E-state index in [1.54, 1.807) is 13.0 Å². The Hall–Kier alpha value is -3.68. The molecule has 0 aliphatic heterocycles. The molecule has 0 saturated carbocycles. The SMILES string of the molecule is CCc1nn(-c2c(C)cc(C(F)(F)F)cc2C)c(=O)c(-n2cnc(C#N)n2)c1O. The number of nitriles is 1. The quantitative estimate of drug-likeness (QED) is 0.719. The Kier molecular flexibility index (Phi) is 4.88. The number of benzene rings is 1. The number of halogens is 3. The molecule has 3 rings (SSSR count). The van der Waals surface area contributed by atoms with Crippen molar-refractivity contribution in [2.45, 2.75) is 33.4 Å². The molecule has 1 aromatic carbocycles. The van der Waals surface area contributed by atoms with Crippen LogP contribution in [0.25, 0.3) is 11.4 Å². The monoisotopic (exact) mass is 404 g/mol. The molecule has 2 aromatic heterocycles. The molecule has 3 aromatic rings. The molecule has 11 heteroatoms. The molecule has 0 aliphatic rings. The van der Waals surface area contributed by atoms with Gasteiger partial charge in [0.2, 0.25) is 0 Å². The van der Waals surface area contributed by atoms with Crippen molar-refractivity contribution in [2.75, 3.05) is 0 Å². The molecule has 0 radical (unpaired) electrons. The first-order valence-electron chi connectivity index (χ1n) is 8.44. The van der Waals surface area contributed by atoms with E-state index < -0.39 is 23.0 Å². The van der Waals surface area contributed by atoms with Crippen molar-refractivity contribution < 1.29 is 18.3 Å². The van der Waals surface area contributed by atoms with Crippen molar-refractivity contribution in [3.63, 3.8) is 0 Å². The fourth-order valence-corrected chi connectivity index (χ4v) is 3.02. The molecule has 1 N–H and O–H groups in total. The standard InChI is InChI=1S/C18H15F3N6O2/c1-4-12-16(28)15(26-8-23-13(7-22)25-26)17(29)27(24-12)14-9(2)5-11(6-10(14)3)18(19,20)21/h5-6,8,28H,4H2,1-3H3. The molecule has 0 spiro atoms. The van der Waals surface area contributed by atoms with Crippen LogP contribution >= 0.6 is 0 Å². The Balaban J connectivity index is 2.34. The van der Waals surface area contributed by atoms with E-state index in [9.17, 15) is 23.1 Å². The summed E-state index contributed by atoms with van der Waals surface area (Å²) in [6.07, 6.45) is -3.21. The molecule has 0 fully saturated rings. The molecule has 0 bridgehead atoms. The summed E-state index contributed by atoms with van der Waals surface area (Å²) in [4.78, 5) is 16.8. The van der Waals surface area contributed by atoms with Crippen molar-refractivity contribution in [1.29, 1.82) is 5.26 Å². The van der Waals surface area contributed by atoms with Gasteiger partial charge in [-0.05, 0) is 43.5 Å². The lowest BCUT2D eigenvalue weighted by molar-refractivity contribution is -0.137. The zero-order valence-electron chi connectivity index (χ0n) is 15.6. The number of hydrogen-bond acceptors (Lipinski definition) is 6. The lowest BCUT2D eigenvalue weighted by Gasteiger charge is -2.17. The summed E-state index contributed by atoms with van der Waals surface area (Å²) in [5.41, 5.74) is -1.30. The average Bonchev–Trinajstić information content (AvgIpc) is 3.11. The lowest BCUT2D eigenvalue weighted by atomic mass is 10.0. The number of aromatic hydroxyl groups is 1. The van der Waals surface area contributed by atoms with Gasteiger partial charge in [-0.3, -0.25) is 4.79 Å². The highest BCUT2D eigenvalue weighted by Gasteiger charge is 2.32. The maximum absolute atomic E-state index is 13.1. The first-order chi connectivity index (χ1) is 13.6. The zero-order chi connectivity index (χ0) is 21.5. The van der Waals surface area contributed by atoms with Gasteiger partial charge in [0, 0.05) is 0 Å². The van der Waals surface area contributed by atoms with Crippen LogP contribution in [0.5, 0.6) is 5.75 Å².